The van der Waals surface area contributed by atoms with Gasteiger partial charge in [-0.05, 0) is 42.5 Å². The summed E-state index contributed by atoms with van der Waals surface area (Å²) in [5, 5.41) is 10.4. The molecular weight excluding hydrogens is 533 g/mol. The Hall–Kier alpha value is -1.89. The van der Waals surface area contributed by atoms with E-state index in [0.29, 0.717) is 36.1 Å². The number of carbonyl (C=O) groups excluding carboxylic acids is 2. The number of sulfonamides is 1. The van der Waals surface area contributed by atoms with Crippen LogP contribution in [-0.4, -0.2) is 86.1 Å². The minimum atomic E-state index is -3.86. The maximum atomic E-state index is 13.4. The van der Waals surface area contributed by atoms with Gasteiger partial charge in [-0.3, -0.25) is 10.0 Å². The molecule has 3 heterocycles. The zero-order chi connectivity index (χ0) is 25.9. The Kier molecular flexibility index (Phi) is 8.48. The average molecular weight is 562 g/mol. The quantitative estimate of drug-likeness (QED) is 0.404. The first-order valence-corrected chi connectivity index (χ1v) is 14.1. The monoisotopic (exact) mass is 561 g/mol. The molecule has 2 N–H and O–H groups in total. The molecule has 0 unspecified atom stereocenters. The van der Waals surface area contributed by atoms with Crippen LogP contribution >= 0.6 is 23.2 Å². The fraction of sp³-hybridized carbons (Fsp3) is 0.565. The summed E-state index contributed by atoms with van der Waals surface area (Å²) in [5.41, 5.74) is 1.99. The van der Waals surface area contributed by atoms with Crippen molar-refractivity contribution < 1.29 is 32.7 Å². The fourth-order valence-corrected chi connectivity index (χ4v) is 7.34. The lowest BCUT2D eigenvalue weighted by Gasteiger charge is -2.40. The first kappa shape index (κ1) is 27.2. The van der Waals surface area contributed by atoms with Gasteiger partial charge in [0, 0.05) is 42.6 Å². The second-order valence-corrected chi connectivity index (χ2v) is 12.1. The van der Waals surface area contributed by atoms with E-state index in [2.05, 4.69) is 0 Å². The smallest absolute Gasteiger partial charge is 0.410 e. The largest absolute Gasteiger partial charge is 0.444 e. The van der Waals surface area contributed by atoms with Crippen LogP contribution in [0.25, 0.3) is 5.57 Å². The third-order valence-electron chi connectivity index (χ3n) is 7.02. The third-order valence-corrected chi connectivity index (χ3v) is 9.60. The highest BCUT2D eigenvalue weighted by Crippen LogP contribution is 2.36. The van der Waals surface area contributed by atoms with Crippen LogP contribution in [0.4, 0.5) is 4.79 Å². The number of hydrogen-bond donors (Lipinski definition) is 2. The Morgan fingerprint density at radius 3 is 2.56 bits per heavy atom. The standard InChI is InChI=1S/C23H29Cl2N3O7S/c24-17-1-2-19(20(25)13-17)16-3-8-28(9-4-16)36(32,33)15-23(21(29)26-31)6-10-27(11-7-23)22(30)35-18-5-12-34-14-18/h1-3,13,18,31H,4-12,14-15H2,(H,26,29)/t18-/m0/s1. The maximum absolute atomic E-state index is 13.4. The highest BCUT2D eigenvalue weighted by atomic mass is 35.5. The van der Waals surface area contributed by atoms with Gasteiger partial charge in [-0.1, -0.05) is 35.3 Å². The Morgan fingerprint density at radius 2 is 1.97 bits per heavy atom. The van der Waals surface area contributed by atoms with Gasteiger partial charge >= 0.3 is 6.09 Å². The Balaban J connectivity index is 1.42. The molecule has 2 fully saturated rings. The lowest BCUT2D eigenvalue weighted by atomic mass is 9.79. The zero-order valence-corrected chi connectivity index (χ0v) is 21.9. The maximum Gasteiger partial charge on any atom is 0.410 e. The summed E-state index contributed by atoms with van der Waals surface area (Å²) >= 11 is 12.3. The Morgan fingerprint density at radius 1 is 1.22 bits per heavy atom. The van der Waals surface area contributed by atoms with E-state index in [1.807, 2.05) is 0 Å². The van der Waals surface area contributed by atoms with Crippen LogP contribution in [0.1, 0.15) is 31.2 Å². The number of ether oxygens (including phenoxy) is 2. The summed E-state index contributed by atoms with van der Waals surface area (Å²) in [4.78, 5) is 26.6. The predicted molar refractivity (Wildman–Crippen MR) is 133 cm³/mol. The van der Waals surface area contributed by atoms with Gasteiger partial charge in [-0.2, -0.15) is 4.31 Å². The SMILES string of the molecule is O=C(O[C@H]1CCOC1)N1CCC(CS(=O)(=O)N2CC=C(c3ccc(Cl)cc3Cl)CC2)(C(=O)NO)CC1. The minimum absolute atomic E-state index is 0.0736. The van der Waals surface area contributed by atoms with Crippen molar-refractivity contribution >= 4 is 50.8 Å². The molecule has 0 spiro atoms. The third kappa shape index (κ3) is 5.98. The molecule has 3 aliphatic rings. The molecule has 2 saturated heterocycles. The number of nitrogens with one attached hydrogen (secondary N) is 1. The van der Waals surface area contributed by atoms with Gasteiger partial charge in [-0.25, -0.2) is 18.7 Å². The van der Waals surface area contributed by atoms with Crippen LogP contribution < -0.4 is 5.48 Å². The lowest BCUT2D eigenvalue weighted by Crippen LogP contribution is -2.54. The van der Waals surface area contributed by atoms with Gasteiger partial charge < -0.3 is 14.4 Å². The summed E-state index contributed by atoms with van der Waals surface area (Å²) < 4.78 is 38.7. The second kappa shape index (κ2) is 11.2. The molecule has 2 amide bonds. The molecule has 10 nitrogen and oxygen atoms in total. The molecule has 1 aromatic carbocycles. The molecule has 1 aromatic rings. The van der Waals surface area contributed by atoms with E-state index in [1.54, 1.807) is 29.8 Å². The number of amides is 2. The van der Waals surface area contributed by atoms with Gasteiger partial charge in [0.2, 0.25) is 10.0 Å². The second-order valence-electron chi connectivity index (χ2n) is 9.30. The molecule has 198 valence electrons. The molecule has 36 heavy (non-hydrogen) atoms. The number of likely N-dealkylation sites (tertiary alicyclic amines) is 1. The van der Waals surface area contributed by atoms with Gasteiger partial charge in [-0.15, -0.1) is 0 Å². The van der Waals surface area contributed by atoms with Crippen molar-refractivity contribution in [1.29, 1.82) is 0 Å². The van der Waals surface area contributed by atoms with E-state index < -0.39 is 33.2 Å². The molecule has 0 aliphatic carbocycles. The minimum Gasteiger partial charge on any atom is -0.444 e. The van der Waals surface area contributed by atoms with Crippen LogP contribution in [0, 0.1) is 5.41 Å². The van der Waals surface area contributed by atoms with Crippen molar-refractivity contribution in [2.45, 2.75) is 31.8 Å². The molecule has 0 saturated carbocycles. The molecule has 1 atom stereocenters. The number of rotatable bonds is 6. The van der Waals surface area contributed by atoms with E-state index in [-0.39, 0.29) is 45.1 Å². The average Bonchev–Trinajstić information content (AvgIpc) is 3.37. The summed E-state index contributed by atoms with van der Waals surface area (Å²) in [6.45, 7) is 1.52. The van der Waals surface area contributed by atoms with Crippen molar-refractivity contribution in [3.05, 3.63) is 39.9 Å². The summed E-state index contributed by atoms with van der Waals surface area (Å²) in [6.07, 6.45) is 2.22. The number of benzene rings is 1. The summed E-state index contributed by atoms with van der Waals surface area (Å²) in [7, 11) is -3.86. The molecule has 0 radical (unpaired) electrons. The molecule has 0 aromatic heterocycles. The first-order chi connectivity index (χ1) is 17.1. The van der Waals surface area contributed by atoms with E-state index in [4.69, 9.17) is 32.7 Å². The molecule has 13 heteroatoms. The predicted octanol–water partition coefficient (Wildman–Crippen LogP) is 2.93. The molecule has 4 rings (SSSR count). The van der Waals surface area contributed by atoms with Crippen molar-refractivity contribution in [3.8, 4) is 0 Å². The van der Waals surface area contributed by atoms with E-state index in [1.165, 1.54) is 9.21 Å². The van der Waals surface area contributed by atoms with Gasteiger partial charge in [0.05, 0.1) is 24.4 Å². The van der Waals surface area contributed by atoms with Crippen molar-refractivity contribution in [2.24, 2.45) is 5.41 Å². The number of hydrogen-bond acceptors (Lipinski definition) is 7. The van der Waals surface area contributed by atoms with E-state index in [0.717, 1.165) is 11.1 Å². The van der Waals surface area contributed by atoms with Crippen LogP contribution in [0.3, 0.4) is 0 Å². The summed E-state index contributed by atoms with van der Waals surface area (Å²) in [5.74, 6) is -1.25. The van der Waals surface area contributed by atoms with Crippen LogP contribution in [-0.2, 0) is 24.3 Å². The normalized spacial score (nSPS) is 22.7. The molecular formula is C23H29Cl2N3O7S. The zero-order valence-electron chi connectivity index (χ0n) is 19.6. The number of carbonyl (C=O) groups is 2. The Bertz CT molecular complexity index is 1130. The topological polar surface area (TPSA) is 125 Å². The highest BCUT2D eigenvalue weighted by Gasteiger charge is 2.47. The van der Waals surface area contributed by atoms with E-state index >= 15 is 0 Å². The highest BCUT2D eigenvalue weighted by molar-refractivity contribution is 7.89. The molecule has 0 bridgehead atoms. The van der Waals surface area contributed by atoms with Gasteiger partial charge in [0.25, 0.3) is 5.91 Å². The van der Waals surface area contributed by atoms with Crippen molar-refractivity contribution in [1.82, 2.24) is 14.7 Å². The number of piperidine rings is 1. The number of nitrogens with zero attached hydrogens (tertiary/aromatic N) is 2. The van der Waals surface area contributed by atoms with Crippen LogP contribution in [0.15, 0.2) is 24.3 Å². The van der Waals surface area contributed by atoms with Crippen LogP contribution in [0.2, 0.25) is 10.0 Å². The van der Waals surface area contributed by atoms with Gasteiger partial charge in [0.15, 0.2) is 0 Å². The first-order valence-electron chi connectivity index (χ1n) is 11.7. The van der Waals surface area contributed by atoms with Crippen molar-refractivity contribution in [2.75, 3.05) is 45.1 Å². The number of halogens is 2. The lowest BCUT2D eigenvalue weighted by molar-refractivity contribution is -0.141. The van der Waals surface area contributed by atoms with Gasteiger partial charge in [0.1, 0.15) is 6.10 Å². The fourth-order valence-electron chi connectivity index (χ4n) is 4.83. The summed E-state index contributed by atoms with van der Waals surface area (Å²) in [6, 6.07) is 5.18. The molecule has 3 aliphatic heterocycles. The Labute approximate surface area is 220 Å². The van der Waals surface area contributed by atoms with Crippen LogP contribution in [0.5, 0.6) is 0 Å². The van der Waals surface area contributed by atoms with Crippen molar-refractivity contribution in [3.63, 3.8) is 0 Å². The van der Waals surface area contributed by atoms with E-state index in [9.17, 15) is 23.2 Å². The number of hydroxylamine groups is 1.